The van der Waals surface area contributed by atoms with Crippen molar-refractivity contribution in [3.63, 3.8) is 0 Å². The van der Waals surface area contributed by atoms with Crippen LogP contribution in [0.5, 0.6) is 17.2 Å². The first kappa shape index (κ1) is 20.7. The summed E-state index contributed by atoms with van der Waals surface area (Å²) in [7, 11) is 1.41. The van der Waals surface area contributed by atoms with Crippen LogP contribution in [0.15, 0.2) is 46.1 Å². The van der Waals surface area contributed by atoms with Crippen LogP contribution in [0, 0.1) is 21.4 Å². The maximum atomic E-state index is 11.8. The molecule has 31 heavy (non-hydrogen) atoms. The number of nitrogens with two attached hydrogens (primary N) is 1. The second kappa shape index (κ2) is 9.01. The first-order chi connectivity index (χ1) is 14.9. The van der Waals surface area contributed by atoms with Crippen molar-refractivity contribution in [2.24, 2.45) is 5.10 Å². The van der Waals surface area contributed by atoms with Crippen LogP contribution < -0.4 is 20.6 Å². The third-order valence-electron chi connectivity index (χ3n) is 3.81. The van der Waals surface area contributed by atoms with Gasteiger partial charge >= 0.3 is 0 Å². The Morgan fingerprint density at radius 3 is 2.71 bits per heavy atom. The summed E-state index contributed by atoms with van der Waals surface area (Å²) in [6.07, 6.45) is 1.33. The number of nitro groups is 1. The zero-order valence-electron chi connectivity index (χ0n) is 15.8. The molecule has 0 saturated heterocycles. The molecule has 1 heterocycles. The molecule has 3 rings (SSSR count). The molecule has 0 aliphatic rings. The third kappa shape index (κ3) is 4.71. The van der Waals surface area contributed by atoms with Crippen LogP contribution >= 0.6 is 0 Å². The molecule has 156 valence electrons. The number of hydrazone groups is 1. The molecule has 2 aromatic carbocycles. The Hall–Kier alpha value is -4.99. The number of rotatable bonds is 7. The van der Waals surface area contributed by atoms with Gasteiger partial charge in [0.05, 0.1) is 18.2 Å². The van der Waals surface area contributed by atoms with E-state index in [1.165, 1.54) is 25.5 Å². The standard InChI is InChI=1S/C18H13N7O6/c1-29-15-6-10(9-21-22-18(26)16-17(20)24-31-23-16)2-4-14(15)30-13-5-3-12(25(27)28)7-11(13)8-19/h2-7,9H,1H3,(H2,20,24)(H,22,26)/b21-9+. The van der Waals surface area contributed by atoms with Crippen LogP contribution in [0.3, 0.4) is 0 Å². The highest BCUT2D eigenvalue weighted by Crippen LogP contribution is 2.34. The second-order valence-electron chi connectivity index (χ2n) is 5.76. The highest BCUT2D eigenvalue weighted by atomic mass is 16.6. The van der Waals surface area contributed by atoms with Gasteiger partial charge in [-0.1, -0.05) is 0 Å². The van der Waals surface area contributed by atoms with E-state index < -0.39 is 10.8 Å². The molecule has 1 aromatic heterocycles. The zero-order chi connectivity index (χ0) is 22.4. The van der Waals surface area contributed by atoms with E-state index in [0.717, 1.165) is 6.07 Å². The summed E-state index contributed by atoms with van der Waals surface area (Å²) in [4.78, 5) is 22.1. The molecule has 0 unspecified atom stereocenters. The summed E-state index contributed by atoms with van der Waals surface area (Å²) in [5.41, 5.74) is 7.75. The van der Waals surface area contributed by atoms with Crippen molar-refractivity contribution in [2.75, 3.05) is 12.8 Å². The van der Waals surface area contributed by atoms with Gasteiger partial charge in [-0.25, -0.2) is 10.1 Å². The smallest absolute Gasteiger partial charge is 0.297 e. The number of carbonyl (C=O) groups excluding carboxylic acids is 1. The molecule has 13 heteroatoms. The van der Waals surface area contributed by atoms with E-state index in [-0.39, 0.29) is 34.3 Å². The number of amides is 1. The predicted octanol–water partition coefficient (Wildman–Crippen LogP) is 2.00. The van der Waals surface area contributed by atoms with Gasteiger partial charge < -0.3 is 15.2 Å². The van der Waals surface area contributed by atoms with E-state index in [1.54, 1.807) is 18.2 Å². The molecule has 1 amide bonds. The van der Waals surface area contributed by atoms with Crippen LogP contribution in [0.1, 0.15) is 21.6 Å². The largest absolute Gasteiger partial charge is 0.493 e. The average Bonchev–Trinajstić information content (AvgIpc) is 3.20. The lowest BCUT2D eigenvalue weighted by atomic mass is 10.2. The summed E-state index contributed by atoms with van der Waals surface area (Å²) in [6, 6.07) is 10.2. The van der Waals surface area contributed by atoms with Gasteiger partial charge in [0.15, 0.2) is 11.5 Å². The van der Waals surface area contributed by atoms with E-state index in [2.05, 4.69) is 25.5 Å². The maximum absolute atomic E-state index is 11.8. The molecule has 13 nitrogen and oxygen atoms in total. The summed E-state index contributed by atoms with van der Waals surface area (Å²) in [6.45, 7) is 0. The molecule has 0 aliphatic carbocycles. The highest BCUT2D eigenvalue weighted by Gasteiger charge is 2.16. The van der Waals surface area contributed by atoms with Gasteiger partial charge in [-0.15, -0.1) is 0 Å². The van der Waals surface area contributed by atoms with Crippen molar-refractivity contribution in [1.29, 1.82) is 5.26 Å². The number of hydrogen-bond acceptors (Lipinski definition) is 11. The number of ether oxygens (including phenoxy) is 2. The quantitative estimate of drug-likeness (QED) is 0.322. The predicted molar refractivity (Wildman–Crippen MR) is 105 cm³/mol. The number of nitrogen functional groups attached to an aromatic ring is 1. The number of nitriles is 1. The SMILES string of the molecule is COc1cc(/C=N/NC(=O)c2nonc2N)ccc1Oc1ccc([N+](=O)[O-])cc1C#N. The molecule has 0 atom stereocenters. The van der Waals surface area contributed by atoms with Crippen molar-refractivity contribution >= 4 is 23.6 Å². The minimum Gasteiger partial charge on any atom is -0.493 e. The fraction of sp³-hybridized carbons (Fsp3) is 0.0556. The molecule has 0 saturated carbocycles. The number of nitrogens with zero attached hydrogens (tertiary/aromatic N) is 5. The molecule has 3 N–H and O–H groups in total. The summed E-state index contributed by atoms with van der Waals surface area (Å²) >= 11 is 0. The Balaban J connectivity index is 1.76. The van der Waals surface area contributed by atoms with Crippen molar-refractivity contribution in [2.45, 2.75) is 0 Å². The Morgan fingerprint density at radius 1 is 1.29 bits per heavy atom. The number of nitro benzene ring substituents is 1. The molecule has 0 spiro atoms. The summed E-state index contributed by atoms with van der Waals surface area (Å²) in [5.74, 6) is -0.195. The minimum atomic E-state index is -0.705. The lowest BCUT2D eigenvalue weighted by Gasteiger charge is -2.11. The van der Waals surface area contributed by atoms with Gasteiger partial charge in [-0.3, -0.25) is 14.9 Å². The molecular weight excluding hydrogens is 410 g/mol. The normalized spacial score (nSPS) is 10.5. The second-order valence-corrected chi connectivity index (χ2v) is 5.76. The summed E-state index contributed by atoms with van der Waals surface area (Å²) < 4.78 is 15.3. The molecule has 0 bridgehead atoms. The zero-order valence-corrected chi connectivity index (χ0v) is 15.8. The van der Waals surface area contributed by atoms with E-state index in [0.29, 0.717) is 11.3 Å². The molecule has 0 fully saturated rings. The summed E-state index contributed by atoms with van der Waals surface area (Å²) in [5, 5.41) is 30.5. The van der Waals surface area contributed by atoms with Crippen LogP contribution in [0.2, 0.25) is 0 Å². The minimum absolute atomic E-state index is 0.00813. The lowest BCUT2D eigenvalue weighted by Crippen LogP contribution is -2.19. The number of anilines is 1. The fourth-order valence-corrected chi connectivity index (χ4v) is 2.35. The fourth-order valence-electron chi connectivity index (χ4n) is 2.35. The van der Waals surface area contributed by atoms with Gasteiger partial charge in [0, 0.05) is 12.1 Å². The first-order valence-corrected chi connectivity index (χ1v) is 8.38. The van der Waals surface area contributed by atoms with Crippen molar-refractivity contribution in [3.05, 3.63) is 63.3 Å². The maximum Gasteiger partial charge on any atom is 0.297 e. The number of hydrogen-bond donors (Lipinski definition) is 2. The van der Waals surface area contributed by atoms with E-state index in [4.69, 9.17) is 15.2 Å². The van der Waals surface area contributed by atoms with Crippen LogP contribution in [-0.4, -0.2) is 34.5 Å². The number of non-ortho nitro benzene ring substituents is 1. The van der Waals surface area contributed by atoms with Crippen LogP contribution in [-0.2, 0) is 0 Å². The Morgan fingerprint density at radius 2 is 2.06 bits per heavy atom. The van der Waals surface area contributed by atoms with Crippen LogP contribution in [0.25, 0.3) is 0 Å². The number of nitrogens with one attached hydrogen (secondary N) is 1. The number of benzene rings is 2. The molecule has 0 aliphatic heterocycles. The lowest BCUT2D eigenvalue weighted by molar-refractivity contribution is -0.384. The Kier molecular flexibility index (Phi) is 6.02. The van der Waals surface area contributed by atoms with Crippen molar-refractivity contribution < 1.29 is 23.8 Å². The van der Waals surface area contributed by atoms with Crippen molar-refractivity contribution in [1.82, 2.24) is 15.7 Å². The molecule has 0 radical (unpaired) electrons. The van der Waals surface area contributed by atoms with Gasteiger partial charge in [0.25, 0.3) is 11.6 Å². The van der Waals surface area contributed by atoms with Gasteiger partial charge in [0.1, 0.15) is 17.4 Å². The van der Waals surface area contributed by atoms with Gasteiger partial charge in [-0.05, 0) is 40.1 Å². The number of methoxy groups -OCH3 is 1. The van der Waals surface area contributed by atoms with E-state index >= 15 is 0 Å². The average molecular weight is 423 g/mol. The topological polar surface area (TPSA) is 192 Å². The Bertz CT molecular complexity index is 1210. The Labute approximate surface area is 173 Å². The number of aromatic nitrogens is 2. The van der Waals surface area contributed by atoms with Gasteiger partial charge in [0.2, 0.25) is 11.5 Å². The van der Waals surface area contributed by atoms with Gasteiger partial charge in [-0.2, -0.15) is 10.4 Å². The number of carbonyl (C=O) groups is 1. The molecular formula is C18H13N7O6. The first-order valence-electron chi connectivity index (χ1n) is 8.38. The van der Waals surface area contributed by atoms with Crippen LogP contribution in [0.4, 0.5) is 11.5 Å². The van der Waals surface area contributed by atoms with Crippen molar-refractivity contribution in [3.8, 4) is 23.3 Å². The third-order valence-corrected chi connectivity index (χ3v) is 3.81. The van der Waals surface area contributed by atoms with E-state index in [9.17, 15) is 20.2 Å². The highest BCUT2D eigenvalue weighted by molar-refractivity contribution is 5.96. The molecule has 3 aromatic rings. The van der Waals surface area contributed by atoms with E-state index in [1.807, 2.05) is 6.07 Å². The monoisotopic (exact) mass is 423 g/mol.